The molecule has 2 rings (SSSR count). The van der Waals surface area contributed by atoms with Gasteiger partial charge in [0.15, 0.2) is 0 Å². The second-order valence-electron chi connectivity index (χ2n) is 4.53. The number of nitrogens with zero attached hydrogens (tertiary/aromatic N) is 1. The van der Waals surface area contributed by atoms with Gasteiger partial charge in [0.2, 0.25) is 0 Å². The second-order valence-corrected chi connectivity index (χ2v) is 4.80. The summed E-state index contributed by atoms with van der Waals surface area (Å²) in [6, 6.07) is 13.4. The smallest absolute Gasteiger partial charge is 0.130 e. The molecule has 0 saturated carbocycles. The van der Waals surface area contributed by atoms with Gasteiger partial charge in [0.25, 0.3) is 0 Å². The summed E-state index contributed by atoms with van der Waals surface area (Å²) in [4.78, 5) is 4.16. The van der Waals surface area contributed by atoms with E-state index in [2.05, 4.69) is 18.0 Å². The van der Waals surface area contributed by atoms with Crippen LogP contribution in [-0.4, -0.2) is 11.7 Å². The summed E-state index contributed by atoms with van der Waals surface area (Å²) in [6.45, 7) is 4.11. The van der Waals surface area contributed by atoms with Crippen molar-refractivity contribution in [3.63, 3.8) is 0 Å². The van der Waals surface area contributed by atoms with Gasteiger partial charge in [-0.15, -0.1) is 11.6 Å². The van der Waals surface area contributed by atoms with Crippen LogP contribution in [0.15, 0.2) is 47.5 Å². The Balaban J connectivity index is 2.17. The van der Waals surface area contributed by atoms with Gasteiger partial charge in [-0.1, -0.05) is 12.1 Å². The van der Waals surface area contributed by atoms with E-state index in [9.17, 15) is 0 Å². The van der Waals surface area contributed by atoms with Crippen LogP contribution in [0.25, 0.3) is 0 Å². The lowest BCUT2D eigenvalue weighted by atomic mass is 10.1. The molecule has 104 valence electrons. The first kappa shape index (κ1) is 14.4. The fourth-order valence-electron chi connectivity index (χ4n) is 1.75. The molecule has 4 heteroatoms. The number of nitrogens with two attached hydrogens (primary N) is 1. The van der Waals surface area contributed by atoms with Crippen molar-refractivity contribution in [1.82, 2.24) is 0 Å². The Hall–Kier alpha value is -2.00. The van der Waals surface area contributed by atoms with Gasteiger partial charge in [0.05, 0.1) is 11.6 Å². The van der Waals surface area contributed by atoms with Crippen LogP contribution in [0.5, 0.6) is 11.5 Å². The molecular weight excluding hydrogens is 272 g/mol. The Morgan fingerprint density at radius 2 is 1.85 bits per heavy atom. The zero-order chi connectivity index (χ0) is 14.5. The first-order chi connectivity index (χ1) is 9.60. The number of amidine groups is 1. The fourth-order valence-corrected chi connectivity index (χ4v) is 1.81. The van der Waals surface area contributed by atoms with E-state index in [1.165, 1.54) is 5.56 Å². The molecular formula is C16H17ClN2O. The maximum atomic E-state index is 5.87. The number of alkyl halides is 1. The van der Waals surface area contributed by atoms with Gasteiger partial charge in [-0.05, 0) is 55.3 Å². The molecule has 0 unspecified atom stereocenters. The zero-order valence-electron chi connectivity index (χ0n) is 11.6. The summed E-state index contributed by atoms with van der Waals surface area (Å²) in [5.74, 6) is 2.25. The fraction of sp³-hybridized carbons (Fsp3) is 0.188. The van der Waals surface area contributed by atoms with E-state index >= 15 is 0 Å². The van der Waals surface area contributed by atoms with Gasteiger partial charge in [-0.3, -0.25) is 0 Å². The van der Waals surface area contributed by atoms with Crippen molar-refractivity contribution in [1.29, 1.82) is 0 Å². The van der Waals surface area contributed by atoms with Crippen molar-refractivity contribution < 1.29 is 4.74 Å². The van der Waals surface area contributed by atoms with Crippen molar-refractivity contribution >= 4 is 23.1 Å². The van der Waals surface area contributed by atoms with Gasteiger partial charge in [0.1, 0.15) is 17.3 Å². The Morgan fingerprint density at radius 3 is 2.50 bits per heavy atom. The maximum Gasteiger partial charge on any atom is 0.130 e. The second kappa shape index (κ2) is 6.44. The Labute approximate surface area is 124 Å². The third-order valence-corrected chi connectivity index (χ3v) is 3.30. The average molecular weight is 289 g/mol. The number of hydrogen-bond acceptors (Lipinski definition) is 2. The Morgan fingerprint density at radius 1 is 1.15 bits per heavy atom. The minimum absolute atomic E-state index is 0.223. The van der Waals surface area contributed by atoms with E-state index in [0.717, 1.165) is 22.7 Å². The highest BCUT2D eigenvalue weighted by Gasteiger charge is 2.03. The van der Waals surface area contributed by atoms with E-state index in [1.807, 2.05) is 43.3 Å². The summed E-state index contributed by atoms with van der Waals surface area (Å²) >= 11 is 5.59. The summed E-state index contributed by atoms with van der Waals surface area (Å²) in [6.07, 6.45) is 0. The first-order valence-electron chi connectivity index (χ1n) is 6.33. The van der Waals surface area contributed by atoms with Crippen LogP contribution in [0, 0.1) is 13.8 Å². The number of aliphatic imine (C=N–C) groups is 1. The molecule has 2 N–H and O–H groups in total. The molecule has 2 aromatic rings. The highest BCUT2D eigenvalue weighted by atomic mass is 35.5. The molecule has 0 aliphatic heterocycles. The number of halogens is 1. The standard InChI is InChI=1S/C16H17ClN2O/c1-11-4-3-5-15(12(11)2)20-14-8-6-13(7-9-14)19-16(18)10-17/h3-9H,10H2,1-2H3,(H2,18,19). The maximum absolute atomic E-state index is 5.87. The number of aryl methyl sites for hydroxylation is 1. The highest BCUT2D eigenvalue weighted by molar-refractivity contribution is 6.28. The Kier molecular flexibility index (Phi) is 4.64. The van der Waals surface area contributed by atoms with E-state index in [1.54, 1.807) is 0 Å². The molecule has 20 heavy (non-hydrogen) atoms. The van der Waals surface area contributed by atoms with E-state index in [-0.39, 0.29) is 5.88 Å². The summed E-state index contributed by atoms with van der Waals surface area (Å²) in [7, 11) is 0. The predicted molar refractivity (Wildman–Crippen MR) is 84.4 cm³/mol. The van der Waals surface area contributed by atoms with Gasteiger partial charge in [-0.25, -0.2) is 4.99 Å². The molecule has 0 atom stereocenters. The predicted octanol–water partition coefficient (Wildman–Crippen LogP) is 4.32. The summed E-state index contributed by atoms with van der Waals surface area (Å²) in [5.41, 5.74) is 8.70. The van der Waals surface area contributed by atoms with Gasteiger partial charge >= 0.3 is 0 Å². The monoisotopic (exact) mass is 288 g/mol. The molecule has 0 heterocycles. The van der Waals surface area contributed by atoms with Gasteiger partial charge in [-0.2, -0.15) is 0 Å². The van der Waals surface area contributed by atoms with Crippen LogP contribution >= 0.6 is 11.6 Å². The topological polar surface area (TPSA) is 47.6 Å². The quantitative estimate of drug-likeness (QED) is 0.517. The average Bonchev–Trinajstić information content (AvgIpc) is 2.46. The molecule has 0 amide bonds. The molecule has 0 aliphatic rings. The van der Waals surface area contributed by atoms with Crippen LogP contribution in [-0.2, 0) is 0 Å². The molecule has 0 fully saturated rings. The van der Waals surface area contributed by atoms with Crippen molar-refractivity contribution in [3.8, 4) is 11.5 Å². The van der Waals surface area contributed by atoms with E-state index in [4.69, 9.17) is 22.1 Å². The first-order valence-corrected chi connectivity index (χ1v) is 6.86. The largest absolute Gasteiger partial charge is 0.457 e. The van der Waals surface area contributed by atoms with Crippen LogP contribution < -0.4 is 10.5 Å². The van der Waals surface area contributed by atoms with E-state index < -0.39 is 0 Å². The highest BCUT2D eigenvalue weighted by Crippen LogP contribution is 2.28. The van der Waals surface area contributed by atoms with E-state index in [0.29, 0.717) is 5.84 Å². The van der Waals surface area contributed by atoms with Gasteiger partial charge < -0.3 is 10.5 Å². The van der Waals surface area contributed by atoms with Crippen molar-refractivity contribution in [2.45, 2.75) is 13.8 Å². The normalized spacial score (nSPS) is 11.4. The number of ether oxygens (including phenoxy) is 1. The van der Waals surface area contributed by atoms with Gasteiger partial charge in [0, 0.05) is 0 Å². The zero-order valence-corrected chi connectivity index (χ0v) is 12.3. The van der Waals surface area contributed by atoms with Crippen molar-refractivity contribution in [2.24, 2.45) is 10.7 Å². The molecule has 2 aromatic carbocycles. The summed E-state index contributed by atoms with van der Waals surface area (Å²) in [5, 5.41) is 0. The number of rotatable bonds is 4. The van der Waals surface area contributed by atoms with Crippen LogP contribution in [0.1, 0.15) is 11.1 Å². The number of hydrogen-bond donors (Lipinski definition) is 1. The third kappa shape index (κ3) is 3.52. The lowest BCUT2D eigenvalue weighted by molar-refractivity contribution is 0.478. The number of benzene rings is 2. The molecule has 0 saturated heterocycles. The molecule has 0 radical (unpaired) electrons. The van der Waals surface area contributed by atoms with Crippen LogP contribution in [0.4, 0.5) is 5.69 Å². The molecule has 0 bridgehead atoms. The summed E-state index contributed by atoms with van der Waals surface area (Å²) < 4.78 is 5.87. The van der Waals surface area contributed by atoms with Crippen LogP contribution in [0.2, 0.25) is 0 Å². The molecule has 0 aromatic heterocycles. The van der Waals surface area contributed by atoms with Crippen LogP contribution in [0.3, 0.4) is 0 Å². The molecule has 3 nitrogen and oxygen atoms in total. The minimum Gasteiger partial charge on any atom is -0.457 e. The Bertz CT molecular complexity index is 621. The van der Waals surface area contributed by atoms with Crippen molar-refractivity contribution in [3.05, 3.63) is 53.6 Å². The SMILES string of the molecule is Cc1cccc(Oc2ccc(N=C(N)CCl)cc2)c1C. The molecule has 0 aliphatic carbocycles. The van der Waals surface area contributed by atoms with Crippen molar-refractivity contribution in [2.75, 3.05) is 5.88 Å². The minimum atomic E-state index is 0.223. The molecule has 0 spiro atoms. The third-order valence-electron chi connectivity index (χ3n) is 3.03. The lowest BCUT2D eigenvalue weighted by Gasteiger charge is -2.10. The lowest BCUT2D eigenvalue weighted by Crippen LogP contribution is -2.12.